The quantitative estimate of drug-likeness (QED) is 0.537. The molecule has 0 bridgehead atoms. The molecule has 0 aromatic heterocycles. The highest BCUT2D eigenvalue weighted by molar-refractivity contribution is 5.74. The van der Waals surface area contributed by atoms with E-state index in [1.165, 1.54) is 38.5 Å². The molecule has 2 atom stereocenters. The van der Waals surface area contributed by atoms with Crippen LogP contribution in [0.15, 0.2) is 0 Å². The van der Waals surface area contributed by atoms with Crippen molar-refractivity contribution in [2.24, 2.45) is 17.8 Å². The van der Waals surface area contributed by atoms with Crippen LogP contribution in [0.25, 0.3) is 0 Å². The SMILES string of the molecule is O=C(CC1CCC(C2CCC2)C1)NO. The molecule has 2 aliphatic rings. The number of carbonyl (C=O) groups excluding carboxylic acids is 1. The van der Waals surface area contributed by atoms with Gasteiger partial charge in [0.25, 0.3) is 0 Å². The molecule has 1 amide bonds. The molecule has 2 fully saturated rings. The maximum atomic E-state index is 11.0. The Labute approximate surface area is 84.8 Å². The summed E-state index contributed by atoms with van der Waals surface area (Å²) in [6.45, 7) is 0. The van der Waals surface area contributed by atoms with E-state index < -0.39 is 0 Å². The summed E-state index contributed by atoms with van der Waals surface area (Å²) in [4.78, 5) is 11.0. The third-order valence-electron chi connectivity index (χ3n) is 4.00. The van der Waals surface area contributed by atoms with E-state index >= 15 is 0 Å². The first kappa shape index (κ1) is 9.97. The lowest BCUT2D eigenvalue weighted by molar-refractivity contribution is -0.130. The molecule has 2 saturated carbocycles. The molecule has 14 heavy (non-hydrogen) atoms. The number of rotatable bonds is 3. The number of nitrogens with one attached hydrogen (secondary N) is 1. The molecule has 3 heteroatoms. The molecule has 0 aromatic carbocycles. The van der Waals surface area contributed by atoms with Crippen molar-refractivity contribution in [3.05, 3.63) is 0 Å². The van der Waals surface area contributed by atoms with Crippen molar-refractivity contribution in [2.75, 3.05) is 0 Å². The predicted octanol–water partition coefficient (Wildman–Crippen LogP) is 2.10. The Balaban J connectivity index is 1.73. The van der Waals surface area contributed by atoms with Crippen LogP contribution < -0.4 is 5.48 Å². The molecular weight excluding hydrogens is 178 g/mol. The van der Waals surface area contributed by atoms with Gasteiger partial charge >= 0.3 is 0 Å². The van der Waals surface area contributed by atoms with Gasteiger partial charge in [0.1, 0.15) is 0 Å². The van der Waals surface area contributed by atoms with Crippen LogP contribution in [0.1, 0.15) is 44.9 Å². The van der Waals surface area contributed by atoms with E-state index in [4.69, 9.17) is 5.21 Å². The molecule has 0 saturated heterocycles. The Morgan fingerprint density at radius 2 is 2.00 bits per heavy atom. The van der Waals surface area contributed by atoms with Crippen LogP contribution >= 0.6 is 0 Å². The van der Waals surface area contributed by atoms with Gasteiger partial charge in [-0.15, -0.1) is 0 Å². The predicted molar refractivity (Wildman–Crippen MR) is 52.7 cm³/mol. The van der Waals surface area contributed by atoms with Gasteiger partial charge in [-0.05, 0) is 37.0 Å². The average Bonchev–Trinajstić information content (AvgIpc) is 2.50. The van der Waals surface area contributed by atoms with Crippen molar-refractivity contribution >= 4 is 5.91 Å². The van der Waals surface area contributed by atoms with Crippen molar-refractivity contribution in [3.63, 3.8) is 0 Å². The number of amides is 1. The first-order valence-corrected chi connectivity index (χ1v) is 5.72. The lowest BCUT2D eigenvalue weighted by Gasteiger charge is -2.31. The minimum atomic E-state index is -0.218. The second-order valence-electron chi connectivity index (χ2n) is 4.87. The van der Waals surface area contributed by atoms with E-state index in [1.54, 1.807) is 5.48 Å². The molecule has 3 nitrogen and oxygen atoms in total. The van der Waals surface area contributed by atoms with Crippen LogP contribution in [0.2, 0.25) is 0 Å². The summed E-state index contributed by atoms with van der Waals surface area (Å²) < 4.78 is 0. The largest absolute Gasteiger partial charge is 0.289 e. The van der Waals surface area contributed by atoms with Crippen LogP contribution in [-0.2, 0) is 4.79 Å². The molecule has 2 unspecified atom stereocenters. The Hall–Kier alpha value is -0.570. The van der Waals surface area contributed by atoms with E-state index in [-0.39, 0.29) is 5.91 Å². The van der Waals surface area contributed by atoms with Gasteiger partial charge in [0, 0.05) is 6.42 Å². The number of hydrogen-bond donors (Lipinski definition) is 2. The summed E-state index contributed by atoms with van der Waals surface area (Å²) in [7, 11) is 0. The maximum Gasteiger partial charge on any atom is 0.243 e. The van der Waals surface area contributed by atoms with E-state index in [1.807, 2.05) is 0 Å². The van der Waals surface area contributed by atoms with Crippen molar-refractivity contribution in [3.8, 4) is 0 Å². The minimum Gasteiger partial charge on any atom is -0.289 e. The lowest BCUT2D eigenvalue weighted by Crippen LogP contribution is -2.22. The van der Waals surface area contributed by atoms with Crippen molar-refractivity contribution in [1.82, 2.24) is 5.48 Å². The topological polar surface area (TPSA) is 49.3 Å². The minimum absolute atomic E-state index is 0.218. The van der Waals surface area contributed by atoms with E-state index in [0.717, 1.165) is 11.8 Å². The highest BCUT2D eigenvalue weighted by atomic mass is 16.5. The Morgan fingerprint density at radius 1 is 1.21 bits per heavy atom. The third-order valence-corrected chi connectivity index (χ3v) is 4.00. The zero-order chi connectivity index (χ0) is 9.97. The van der Waals surface area contributed by atoms with Crippen LogP contribution in [0, 0.1) is 17.8 Å². The van der Waals surface area contributed by atoms with Crippen LogP contribution in [0.3, 0.4) is 0 Å². The average molecular weight is 197 g/mol. The molecule has 2 N–H and O–H groups in total. The van der Waals surface area contributed by atoms with Crippen molar-refractivity contribution in [1.29, 1.82) is 0 Å². The highest BCUT2D eigenvalue weighted by Crippen LogP contribution is 2.44. The first-order valence-electron chi connectivity index (χ1n) is 5.72. The van der Waals surface area contributed by atoms with E-state index in [0.29, 0.717) is 12.3 Å². The molecular formula is C11H19NO2. The van der Waals surface area contributed by atoms with E-state index in [9.17, 15) is 4.79 Å². The fourth-order valence-corrected chi connectivity index (χ4v) is 2.95. The second-order valence-corrected chi connectivity index (χ2v) is 4.87. The molecule has 0 aliphatic heterocycles. The summed E-state index contributed by atoms with van der Waals surface area (Å²) in [5.74, 6) is 2.13. The molecule has 2 aliphatic carbocycles. The molecule has 0 aromatic rings. The normalized spacial score (nSPS) is 32.6. The van der Waals surface area contributed by atoms with Crippen molar-refractivity contribution in [2.45, 2.75) is 44.9 Å². The Morgan fingerprint density at radius 3 is 2.57 bits per heavy atom. The summed E-state index contributed by atoms with van der Waals surface area (Å²) in [6, 6.07) is 0. The van der Waals surface area contributed by atoms with Crippen molar-refractivity contribution < 1.29 is 10.0 Å². The van der Waals surface area contributed by atoms with Gasteiger partial charge in [-0.1, -0.05) is 19.3 Å². The van der Waals surface area contributed by atoms with Crippen LogP contribution in [0.5, 0.6) is 0 Å². The molecule has 0 radical (unpaired) electrons. The monoisotopic (exact) mass is 197 g/mol. The molecule has 2 rings (SSSR count). The van der Waals surface area contributed by atoms with Gasteiger partial charge in [-0.25, -0.2) is 5.48 Å². The number of carbonyl (C=O) groups is 1. The maximum absolute atomic E-state index is 11.0. The summed E-state index contributed by atoms with van der Waals surface area (Å²) in [5.41, 5.74) is 1.72. The zero-order valence-corrected chi connectivity index (χ0v) is 8.54. The van der Waals surface area contributed by atoms with Gasteiger partial charge in [-0.2, -0.15) is 0 Å². The summed E-state index contributed by atoms with van der Waals surface area (Å²) in [6.07, 6.45) is 8.41. The fraction of sp³-hybridized carbons (Fsp3) is 0.909. The highest BCUT2D eigenvalue weighted by Gasteiger charge is 2.34. The zero-order valence-electron chi connectivity index (χ0n) is 8.54. The molecule has 80 valence electrons. The van der Waals surface area contributed by atoms with Gasteiger partial charge in [0.15, 0.2) is 0 Å². The molecule has 0 spiro atoms. The van der Waals surface area contributed by atoms with Gasteiger partial charge in [-0.3, -0.25) is 10.0 Å². The lowest BCUT2D eigenvalue weighted by atomic mass is 9.75. The Kier molecular flexibility index (Phi) is 3.06. The Bertz CT molecular complexity index is 213. The molecule has 0 heterocycles. The van der Waals surface area contributed by atoms with E-state index in [2.05, 4.69) is 0 Å². The summed E-state index contributed by atoms with van der Waals surface area (Å²) in [5, 5.41) is 8.43. The summed E-state index contributed by atoms with van der Waals surface area (Å²) >= 11 is 0. The van der Waals surface area contributed by atoms with Gasteiger partial charge in [0.2, 0.25) is 5.91 Å². The number of hydroxylamine groups is 1. The van der Waals surface area contributed by atoms with Crippen LogP contribution in [-0.4, -0.2) is 11.1 Å². The second kappa shape index (κ2) is 4.30. The standard InChI is InChI=1S/C11H19NO2/c13-11(12-14)7-8-4-5-10(6-8)9-2-1-3-9/h8-10,14H,1-7H2,(H,12,13). The van der Waals surface area contributed by atoms with Crippen LogP contribution in [0.4, 0.5) is 0 Å². The van der Waals surface area contributed by atoms with Gasteiger partial charge in [0.05, 0.1) is 0 Å². The fourth-order valence-electron chi connectivity index (χ4n) is 2.95. The third kappa shape index (κ3) is 2.08. The smallest absolute Gasteiger partial charge is 0.243 e. The van der Waals surface area contributed by atoms with Gasteiger partial charge < -0.3 is 0 Å². The first-order chi connectivity index (χ1) is 6.79. The number of hydrogen-bond acceptors (Lipinski definition) is 2.